The highest BCUT2D eigenvalue weighted by Gasteiger charge is 2.35. The molecule has 0 bridgehead atoms. The molecule has 1 fully saturated rings. The van der Waals surface area contributed by atoms with Gasteiger partial charge in [-0.15, -0.1) is 0 Å². The number of hydrogen-bond acceptors (Lipinski definition) is 4. The van der Waals surface area contributed by atoms with Crippen LogP contribution in [0.2, 0.25) is 0 Å². The van der Waals surface area contributed by atoms with Crippen LogP contribution in [0.15, 0.2) is 18.3 Å². The Morgan fingerprint density at radius 1 is 1.24 bits per heavy atom. The summed E-state index contributed by atoms with van der Waals surface area (Å²) in [6.07, 6.45) is 8.36. The molecular formula is C16H22N4O. The lowest BCUT2D eigenvalue weighted by Gasteiger charge is -2.18. The van der Waals surface area contributed by atoms with Crippen LogP contribution in [0.5, 0.6) is 0 Å². The van der Waals surface area contributed by atoms with Gasteiger partial charge in [0.05, 0.1) is 11.3 Å². The minimum atomic E-state index is 0.0761. The molecule has 5 nitrogen and oxygen atoms in total. The van der Waals surface area contributed by atoms with Crippen LogP contribution in [0.1, 0.15) is 28.9 Å². The zero-order valence-corrected chi connectivity index (χ0v) is 12.9. The van der Waals surface area contributed by atoms with Crippen molar-refractivity contribution < 1.29 is 4.79 Å². The fraction of sp³-hybridized carbons (Fsp3) is 0.562. The second-order valence-corrected chi connectivity index (χ2v) is 6.24. The minimum absolute atomic E-state index is 0.0761. The van der Waals surface area contributed by atoms with Gasteiger partial charge < -0.3 is 9.80 Å². The van der Waals surface area contributed by atoms with Crippen LogP contribution in [0.25, 0.3) is 0 Å². The van der Waals surface area contributed by atoms with Crippen LogP contribution in [-0.4, -0.2) is 48.0 Å². The average molecular weight is 286 g/mol. The minimum Gasteiger partial charge on any atom is -0.347 e. The number of aromatic nitrogens is 2. The fourth-order valence-corrected chi connectivity index (χ4v) is 3.23. The normalized spacial score (nSPS) is 24.0. The van der Waals surface area contributed by atoms with Crippen molar-refractivity contribution in [3.8, 4) is 0 Å². The van der Waals surface area contributed by atoms with Crippen LogP contribution < -0.4 is 4.90 Å². The molecule has 1 aliphatic heterocycles. The molecule has 112 valence electrons. The summed E-state index contributed by atoms with van der Waals surface area (Å²) in [5.74, 6) is 1.97. The van der Waals surface area contributed by atoms with Crippen molar-refractivity contribution in [2.45, 2.75) is 19.8 Å². The van der Waals surface area contributed by atoms with E-state index in [2.05, 4.69) is 22.1 Å². The molecule has 0 radical (unpaired) electrons. The third kappa shape index (κ3) is 2.64. The summed E-state index contributed by atoms with van der Waals surface area (Å²) in [5, 5.41) is 0. The summed E-state index contributed by atoms with van der Waals surface area (Å²) >= 11 is 0. The maximum Gasteiger partial charge on any atom is 0.257 e. The Balaban J connectivity index is 1.77. The maximum atomic E-state index is 12.7. The van der Waals surface area contributed by atoms with Gasteiger partial charge in [-0.1, -0.05) is 12.2 Å². The molecule has 2 heterocycles. The van der Waals surface area contributed by atoms with Crippen LogP contribution in [0.3, 0.4) is 0 Å². The predicted octanol–water partition coefficient (Wildman–Crippen LogP) is 1.89. The summed E-state index contributed by atoms with van der Waals surface area (Å²) in [5.41, 5.74) is 1.39. The molecule has 3 rings (SSSR count). The molecule has 0 saturated carbocycles. The van der Waals surface area contributed by atoms with E-state index in [4.69, 9.17) is 0 Å². The fourth-order valence-electron chi connectivity index (χ4n) is 3.23. The van der Waals surface area contributed by atoms with E-state index >= 15 is 0 Å². The summed E-state index contributed by atoms with van der Waals surface area (Å²) < 4.78 is 0. The maximum absolute atomic E-state index is 12.7. The van der Waals surface area contributed by atoms with E-state index in [0.717, 1.165) is 31.6 Å². The number of rotatable bonds is 2. The van der Waals surface area contributed by atoms with Gasteiger partial charge in [-0.25, -0.2) is 9.97 Å². The number of carbonyl (C=O) groups is 1. The van der Waals surface area contributed by atoms with Crippen LogP contribution in [-0.2, 0) is 0 Å². The number of carbonyl (C=O) groups excluding carboxylic acids is 1. The Morgan fingerprint density at radius 3 is 2.38 bits per heavy atom. The van der Waals surface area contributed by atoms with Gasteiger partial charge in [0.25, 0.3) is 5.91 Å². The Labute approximate surface area is 125 Å². The average Bonchev–Trinajstić information content (AvgIpc) is 2.90. The summed E-state index contributed by atoms with van der Waals surface area (Å²) in [4.78, 5) is 25.2. The molecule has 2 atom stereocenters. The first-order valence-electron chi connectivity index (χ1n) is 7.51. The highest BCUT2D eigenvalue weighted by atomic mass is 16.2. The number of hydrogen-bond donors (Lipinski definition) is 0. The number of amides is 1. The van der Waals surface area contributed by atoms with Crippen molar-refractivity contribution in [2.75, 3.05) is 32.1 Å². The second kappa shape index (κ2) is 5.47. The SMILES string of the molecule is Cc1nc(N(C)C)ncc1C(=O)N1C[C@H]2CC=CC[C@H]2C1. The largest absolute Gasteiger partial charge is 0.347 e. The van der Waals surface area contributed by atoms with Gasteiger partial charge >= 0.3 is 0 Å². The number of aryl methyl sites for hydroxylation is 1. The van der Waals surface area contributed by atoms with Crippen molar-refractivity contribution >= 4 is 11.9 Å². The molecule has 21 heavy (non-hydrogen) atoms. The third-order valence-corrected chi connectivity index (χ3v) is 4.51. The van der Waals surface area contributed by atoms with Crippen molar-refractivity contribution in [1.82, 2.24) is 14.9 Å². The molecule has 1 aromatic heterocycles. The van der Waals surface area contributed by atoms with E-state index in [1.165, 1.54) is 0 Å². The topological polar surface area (TPSA) is 49.3 Å². The van der Waals surface area contributed by atoms with Crippen molar-refractivity contribution in [2.24, 2.45) is 11.8 Å². The molecule has 1 amide bonds. The predicted molar refractivity (Wildman–Crippen MR) is 82.4 cm³/mol. The molecular weight excluding hydrogens is 264 g/mol. The van der Waals surface area contributed by atoms with E-state index < -0.39 is 0 Å². The van der Waals surface area contributed by atoms with E-state index in [1.54, 1.807) is 6.20 Å². The van der Waals surface area contributed by atoms with Crippen molar-refractivity contribution in [3.63, 3.8) is 0 Å². The zero-order chi connectivity index (χ0) is 15.0. The van der Waals surface area contributed by atoms with Gasteiger partial charge in [-0.2, -0.15) is 0 Å². The summed E-state index contributed by atoms with van der Waals surface area (Å²) in [6.45, 7) is 3.61. The van der Waals surface area contributed by atoms with Gasteiger partial charge in [-0.05, 0) is 31.6 Å². The third-order valence-electron chi connectivity index (χ3n) is 4.51. The van der Waals surface area contributed by atoms with E-state index in [9.17, 15) is 4.79 Å². The number of anilines is 1. The quantitative estimate of drug-likeness (QED) is 0.779. The van der Waals surface area contributed by atoms with Gasteiger partial charge in [0.1, 0.15) is 0 Å². The standard InChI is InChI=1S/C16H22N4O/c1-11-14(8-17-16(18-11)19(2)3)15(21)20-9-12-6-4-5-7-13(12)10-20/h4-5,8,12-13H,6-7,9-10H2,1-3H3/t12-,13+. The number of allylic oxidation sites excluding steroid dienone is 2. The Bertz CT molecular complexity index is 566. The molecule has 5 heteroatoms. The summed E-state index contributed by atoms with van der Waals surface area (Å²) in [7, 11) is 3.79. The van der Waals surface area contributed by atoms with Crippen LogP contribution in [0.4, 0.5) is 5.95 Å². The molecule has 0 unspecified atom stereocenters. The Kier molecular flexibility index (Phi) is 3.66. The lowest BCUT2D eigenvalue weighted by Crippen LogP contribution is -2.30. The molecule has 0 N–H and O–H groups in total. The smallest absolute Gasteiger partial charge is 0.257 e. The molecule has 0 aromatic carbocycles. The lowest BCUT2D eigenvalue weighted by molar-refractivity contribution is 0.0782. The monoisotopic (exact) mass is 286 g/mol. The summed E-state index contributed by atoms with van der Waals surface area (Å²) in [6, 6.07) is 0. The van der Waals surface area contributed by atoms with Gasteiger partial charge in [0, 0.05) is 33.4 Å². The molecule has 0 spiro atoms. The number of likely N-dealkylation sites (tertiary alicyclic amines) is 1. The second-order valence-electron chi connectivity index (χ2n) is 6.24. The molecule has 1 aromatic rings. The highest BCUT2D eigenvalue weighted by Crippen LogP contribution is 2.33. The molecule has 1 saturated heterocycles. The van der Waals surface area contributed by atoms with E-state index in [0.29, 0.717) is 23.3 Å². The molecule has 1 aliphatic carbocycles. The Morgan fingerprint density at radius 2 is 1.86 bits per heavy atom. The lowest BCUT2D eigenvalue weighted by atomic mass is 9.86. The van der Waals surface area contributed by atoms with Gasteiger partial charge in [0.15, 0.2) is 0 Å². The zero-order valence-electron chi connectivity index (χ0n) is 12.9. The van der Waals surface area contributed by atoms with Crippen LogP contribution in [0, 0.1) is 18.8 Å². The first-order valence-corrected chi connectivity index (χ1v) is 7.51. The van der Waals surface area contributed by atoms with E-state index in [-0.39, 0.29) is 5.91 Å². The van der Waals surface area contributed by atoms with E-state index in [1.807, 2.05) is 30.8 Å². The van der Waals surface area contributed by atoms with Crippen molar-refractivity contribution in [1.29, 1.82) is 0 Å². The number of fused-ring (bicyclic) bond motifs is 1. The molecule has 2 aliphatic rings. The highest BCUT2D eigenvalue weighted by molar-refractivity contribution is 5.95. The van der Waals surface area contributed by atoms with Gasteiger partial charge in [-0.3, -0.25) is 4.79 Å². The van der Waals surface area contributed by atoms with Gasteiger partial charge in [0.2, 0.25) is 5.95 Å². The Hall–Kier alpha value is -1.91. The van der Waals surface area contributed by atoms with Crippen LogP contribution >= 0.6 is 0 Å². The first-order chi connectivity index (χ1) is 10.1. The first kappa shape index (κ1) is 14.0. The number of nitrogens with zero attached hydrogens (tertiary/aromatic N) is 4. The van der Waals surface area contributed by atoms with Crippen molar-refractivity contribution in [3.05, 3.63) is 29.6 Å².